The largest absolute Gasteiger partial charge is 0.324 e. The van der Waals surface area contributed by atoms with Crippen LogP contribution >= 0.6 is 0 Å². The Morgan fingerprint density at radius 1 is 1.26 bits per heavy atom. The van der Waals surface area contributed by atoms with E-state index in [1.54, 1.807) is 18.2 Å². The van der Waals surface area contributed by atoms with Crippen LogP contribution in [0.3, 0.4) is 0 Å². The minimum Gasteiger partial charge on any atom is -0.324 e. The van der Waals surface area contributed by atoms with Crippen LogP contribution in [0.1, 0.15) is 45.2 Å². The zero-order chi connectivity index (χ0) is 14.5. The van der Waals surface area contributed by atoms with Crippen molar-refractivity contribution in [2.24, 2.45) is 11.7 Å². The summed E-state index contributed by atoms with van der Waals surface area (Å²) in [6, 6.07) is 6.62. The SMILES string of the molecule is CC(C)CCCNS(=O)(=O)c1cccc(C(C)N)c1. The zero-order valence-corrected chi connectivity index (χ0v) is 12.7. The van der Waals surface area contributed by atoms with Gasteiger partial charge in [-0.25, -0.2) is 13.1 Å². The van der Waals surface area contributed by atoms with Crippen molar-refractivity contribution in [1.29, 1.82) is 0 Å². The summed E-state index contributed by atoms with van der Waals surface area (Å²) in [4.78, 5) is 0.284. The van der Waals surface area contributed by atoms with Crippen LogP contribution in [-0.4, -0.2) is 15.0 Å². The van der Waals surface area contributed by atoms with E-state index in [2.05, 4.69) is 18.6 Å². The van der Waals surface area contributed by atoms with E-state index in [9.17, 15) is 8.42 Å². The van der Waals surface area contributed by atoms with Gasteiger partial charge in [0.1, 0.15) is 0 Å². The van der Waals surface area contributed by atoms with Gasteiger partial charge in [-0.2, -0.15) is 0 Å². The van der Waals surface area contributed by atoms with Crippen molar-refractivity contribution in [2.45, 2.75) is 44.6 Å². The van der Waals surface area contributed by atoms with E-state index in [0.717, 1.165) is 18.4 Å². The maximum Gasteiger partial charge on any atom is 0.240 e. The Morgan fingerprint density at radius 2 is 1.95 bits per heavy atom. The van der Waals surface area contributed by atoms with Gasteiger partial charge < -0.3 is 5.73 Å². The van der Waals surface area contributed by atoms with E-state index in [1.165, 1.54) is 0 Å². The Morgan fingerprint density at radius 3 is 2.53 bits per heavy atom. The van der Waals surface area contributed by atoms with Crippen LogP contribution in [0.15, 0.2) is 29.2 Å². The van der Waals surface area contributed by atoms with Crippen molar-refractivity contribution < 1.29 is 8.42 Å². The molecule has 0 aliphatic heterocycles. The van der Waals surface area contributed by atoms with Crippen LogP contribution in [0.25, 0.3) is 0 Å². The van der Waals surface area contributed by atoms with Gasteiger partial charge in [-0.05, 0) is 43.4 Å². The Labute approximate surface area is 116 Å². The van der Waals surface area contributed by atoms with Crippen LogP contribution in [0.5, 0.6) is 0 Å². The Bertz CT molecular complexity index is 496. The summed E-state index contributed by atoms with van der Waals surface area (Å²) in [6.07, 6.45) is 1.87. The second-order valence-corrected chi connectivity index (χ2v) is 7.06. The molecule has 0 aliphatic carbocycles. The molecule has 19 heavy (non-hydrogen) atoms. The zero-order valence-electron chi connectivity index (χ0n) is 11.9. The third-order valence-electron chi connectivity index (χ3n) is 2.94. The number of nitrogens with one attached hydrogen (secondary N) is 1. The molecule has 5 heteroatoms. The van der Waals surface area contributed by atoms with Crippen molar-refractivity contribution in [3.63, 3.8) is 0 Å². The van der Waals surface area contributed by atoms with Crippen molar-refractivity contribution in [3.05, 3.63) is 29.8 Å². The summed E-state index contributed by atoms with van der Waals surface area (Å²) >= 11 is 0. The molecule has 0 aromatic heterocycles. The van der Waals surface area contributed by atoms with Crippen LogP contribution in [-0.2, 0) is 10.0 Å². The molecule has 0 saturated heterocycles. The fraction of sp³-hybridized carbons (Fsp3) is 0.571. The summed E-state index contributed by atoms with van der Waals surface area (Å²) < 4.78 is 26.8. The molecule has 3 N–H and O–H groups in total. The summed E-state index contributed by atoms with van der Waals surface area (Å²) in [5, 5.41) is 0. The molecule has 0 amide bonds. The lowest BCUT2D eigenvalue weighted by molar-refractivity contribution is 0.540. The molecule has 0 bridgehead atoms. The molecule has 0 radical (unpaired) electrons. The summed E-state index contributed by atoms with van der Waals surface area (Å²) in [5.41, 5.74) is 6.59. The van der Waals surface area contributed by atoms with Crippen molar-refractivity contribution in [2.75, 3.05) is 6.54 Å². The molecule has 1 rings (SSSR count). The number of rotatable bonds is 7. The van der Waals surface area contributed by atoms with Crippen molar-refractivity contribution in [3.8, 4) is 0 Å². The summed E-state index contributed by atoms with van der Waals surface area (Å²) in [5.74, 6) is 0.589. The molecule has 0 spiro atoms. The van der Waals surface area contributed by atoms with Crippen LogP contribution < -0.4 is 10.5 Å². The Hall–Kier alpha value is -0.910. The van der Waals surface area contributed by atoms with Crippen LogP contribution in [0.4, 0.5) is 0 Å². The number of hydrogen-bond acceptors (Lipinski definition) is 3. The van der Waals surface area contributed by atoms with Crippen molar-refractivity contribution in [1.82, 2.24) is 4.72 Å². The Balaban J connectivity index is 2.69. The molecule has 1 atom stereocenters. The minimum atomic E-state index is -3.42. The third kappa shape index (κ3) is 5.30. The molecular formula is C14H24N2O2S. The van der Waals surface area contributed by atoms with Gasteiger partial charge in [0.2, 0.25) is 10.0 Å². The second-order valence-electron chi connectivity index (χ2n) is 5.30. The monoisotopic (exact) mass is 284 g/mol. The summed E-state index contributed by atoms with van der Waals surface area (Å²) in [6.45, 7) is 6.56. The molecule has 0 aliphatic rings. The first kappa shape index (κ1) is 16.1. The fourth-order valence-electron chi connectivity index (χ4n) is 1.77. The highest BCUT2D eigenvalue weighted by molar-refractivity contribution is 7.89. The fourth-order valence-corrected chi connectivity index (χ4v) is 2.89. The van der Waals surface area contributed by atoms with E-state index in [1.807, 2.05) is 13.0 Å². The van der Waals surface area contributed by atoms with E-state index < -0.39 is 10.0 Å². The number of sulfonamides is 1. The van der Waals surface area contributed by atoms with E-state index in [-0.39, 0.29) is 10.9 Å². The van der Waals surface area contributed by atoms with Gasteiger partial charge in [0, 0.05) is 12.6 Å². The Kier molecular flexibility index (Phi) is 5.97. The molecule has 0 saturated carbocycles. The molecule has 1 unspecified atom stereocenters. The highest BCUT2D eigenvalue weighted by Gasteiger charge is 2.14. The maximum atomic E-state index is 12.1. The maximum absolute atomic E-state index is 12.1. The lowest BCUT2D eigenvalue weighted by Crippen LogP contribution is -2.25. The third-order valence-corrected chi connectivity index (χ3v) is 4.40. The molecule has 1 aromatic carbocycles. The summed E-state index contributed by atoms with van der Waals surface area (Å²) in [7, 11) is -3.42. The molecular weight excluding hydrogens is 260 g/mol. The molecule has 1 aromatic rings. The van der Waals surface area contributed by atoms with Crippen LogP contribution in [0, 0.1) is 5.92 Å². The van der Waals surface area contributed by atoms with Gasteiger partial charge in [-0.1, -0.05) is 26.0 Å². The number of benzene rings is 1. The smallest absolute Gasteiger partial charge is 0.240 e. The quantitative estimate of drug-likeness (QED) is 0.755. The minimum absolute atomic E-state index is 0.170. The first-order valence-electron chi connectivity index (χ1n) is 6.68. The van der Waals surface area contributed by atoms with Gasteiger partial charge in [0.15, 0.2) is 0 Å². The molecule has 0 heterocycles. The second kappa shape index (κ2) is 7.03. The lowest BCUT2D eigenvalue weighted by atomic mass is 10.1. The van der Waals surface area contributed by atoms with E-state index >= 15 is 0 Å². The van der Waals surface area contributed by atoms with E-state index in [0.29, 0.717) is 12.5 Å². The van der Waals surface area contributed by atoms with Gasteiger partial charge >= 0.3 is 0 Å². The standard InChI is InChI=1S/C14H24N2O2S/c1-11(2)6-5-9-16-19(17,18)14-8-4-7-13(10-14)12(3)15/h4,7-8,10-12,16H,5-6,9,15H2,1-3H3. The molecule has 0 fully saturated rings. The van der Waals surface area contributed by atoms with Gasteiger partial charge in [-0.3, -0.25) is 0 Å². The molecule has 4 nitrogen and oxygen atoms in total. The topological polar surface area (TPSA) is 72.2 Å². The first-order valence-corrected chi connectivity index (χ1v) is 8.16. The predicted molar refractivity (Wildman–Crippen MR) is 78.3 cm³/mol. The van der Waals surface area contributed by atoms with Crippen LogP contribution in [0.2, 0.25) is 0 Å². The van der Waals surface area contributed by atoms with Gasteiger partial charge in [0.05, 0.1) is 4.90 Å². The first-order chi connectivity index (χ1) is 8.83. The number of hydrogen-bond donors (Lipinski definition) is 2. The average Bonchev–Trinajstić information content (AvgIpc) is 2.34. The average molecular weight is 284 g/mol. The van der Waals surface area contributed by atoms with Crippen molar-refractivity contribution >= 4 is 10.0 Å². The number of nitrogens with two attached hydrogens (primary N) is 1. The highest BCUT2D eigenvalue weighted by Crippen LogP contribution is 2.15. The van der Waals surface area contributed by atoms with Gasteiger partial charge in [0.25, 0.3) is 0 Å². The van der Waals surface area contributed by atoms with Gasteiger partial charge in [-0.15, -0.1) is 0 Å². The predicted octanol–water partition coefficient (Wildman–Crippen LogP) is 2.42. The normalized spacial score (nSPS) is 13.7. The van der Waals surface area contributed by atoms with E-state index in [4.69, 9.17) is 5.73 Å². The highest BCUT2D eigenvalue weighted by atomic mass is 32.2. The molecule has 108 valence electrons. The lowest BCUT2D eigenvalue weighted by Gasteiger charge is -2.10.